The van der Waals surface area contributed by atoms with Crippen LogP contribution in [0, 0.1) is 0 Å². The van der Waals surface area contributed by atoms with Crippen LogP contribution < -0.4 is 5.43 Å². The second kappa shape index (κ2) is 8.06. The molecule has 1 amide bonds. The molecule has 0 aliphatic carbocycles. The van der Waals surface area contributed by atoms with Crippen molar-refractivity contribution in [3.63, 3.8) is 0 Å². The summed E-state index contributed by atoms with van der Waals surface area (Å²) in [5.74, 6) is -1.52. The number of allylic oxidation sites excluding steroid dienone is 1. The Bertz CT molecular complexity index is 592. The third kappa shape index (κ3) is 4.92. The maximum atomic E-state index is 11.8. The van der Waals surface area contributed by atoms with Crippen LogP contribution >= 0.6 is 11.6 Å². The molecular formula is C14H15ClN2O4. The smallest absolute Gasteiger partial charge is 0.343 e. The molecule has 0 fully saturated rings. The number of carbonyl (C=O) groups excluding carboxylic acids is 2. The zero-order chi connectivity index (χ0) is 15.8. The normalized spacial score (nSPS) is 12.0. The van der Waals surface area contributed by atoms with Crippen molar-refractivity contribution in [1.82, 2.24) is 5.43 Å². The quantitative estimate of drug-likeness (QED) is 0.287. The highest BCUT2D eigenvalue weighted by molar-refractivity contribution is 6.33. The molecule has 0 aromatic heterocycles. The summed E-state index contributed by atoms with van der Waals surface area (Å²) in [4.78, 5) is 23.3. The molecule has 1 rings (SSSR count). The van der Waals surface area contributed by atoms with Crippen molar-refractivity contribution in [3.05, 3.63) is 46.2 Å². The van der Waals surface area contributed by atoms with Gasteiger partial charge in [-0.05, 0) is 26.0 Å². The van der Waals surface area contributed by atoms with Gasteiger partial charge in [0.05, 0.1) is 23.4 Å². The first kappa shape index (κ1) is 16.7. The van der Waals surface area contributed by atoms with Crippen molar-refractivity contribution in [2.45, 2.75) is 13.8 Å². The van der Waals surface area contributed by atoms with Gasteiger partial charge in [-0.1, -0.05) is 23.7 Å². The van der Waals surface area contributed by atoms with Crippen molar-refractivity contribution in [2.75, 3.05) is 6.61 Å². The molecule has 112 valence electrons. The predicted octanol–water partition coefficient (Wildman–Crippen LogP) is 2.45. The molecule has 2 N–H and O–H groups in total. The molecule has 0 saturated heterocycles. The maximum Gasteiger partial charge on any atom is 0.343 e. The van der Waals surface area contributed by atoms with E-state index >= 15 is 0 Å². The van der Waals surface area contributed by atoms with Gasteiger partial charge in [0.2, 0.25) is 0 Å². The van der Waals surface area contributed by atoms with E-state index in [-0.39, 0.29) is 28.5 Å². The van der Waals surface area contributed by atoms with E-state index in [0.717, 1.165) is 6.21 Å². The van der Waals surface area contributed by atoms with Crippen molar-refractivity contribution >= 4 is 29.7 Å². The lowest BCUT2D eigenvalue weighted by Crippen LogP contribution is -2.19. The third-order valence-corrected chi connectivity index (χ3v) is 2.69. The molecule has 0 aliphatic heterocycles. The first-order valence-electron chi connectivity index (χ1n) is 6.12. The molecule has 0 unspecified atom stereocenters. The Morgan fingerprint density at radius 1 is 1.43 bits per heavy atom. The van der Waals surface area contributed by atoms with Crippen LogP contribution in [-0.2, 0) is 9.53 Å². The SMILES string of the molecule is CCOC(=O)C(/C=N/NC(=O)c1ccccc1Cl)=C(/C)O. The average molecular weight is 311 g/mol. The lowest BCUT2D eigenvalue weighted by Gasteiger charge is -2.04. The number of ether oxygens (including phenoxy) is 1. The fourth-order valence-corrected chi connectivity index (χ4v) is 1.59. The van der Waals surface area contributed by atoms with E-state index in [2.05, 4.69) is 10.5 Å². The van der Waals surface area contributed by atoms with Crippen molar-refractivity contribution in [3.8, 4) is 0 Å². The molecule has 0 aliphatic rings. The Kier molecular flexibility index (Phi) is 6.42. The van der Waals surface area contributed by atoms with Gasteiger partial charge in [0.15, 0.2) is 0 Å². The van der Waals surface area contributed by atoms with Crippen LogP contribution in [0.5, 0.6) is 0 Å². The molecule has 0 atom stereocenters. The fourth-order valence-electron chi connectivity index (χ4n) is 1.36. The highest BCUT2D eigenvalue weighted by Gasteiger charge is 2.13. The zero-order valence-electron chi connectivity index (χ0n) is 11.6. The zero-order valence-corrected chi connectivity index (χ0v) is 12.3. The topological polar surface area (TPSA) is 88.0 Å². The van der Waals surface area contributed by atoms with Crippen molar-refractivity contribution in [2.24, 2.45) is 5.10 Å². The fraction of sp³-hybridized carbons (Fsp3) is 0.214. The predicted molar refractivity (Wildman–Crippen MR) is 79.4 cm³/mol. The van der Waals surface area contributed by atoms with Gasteiger partial charge in [0.1, 0.15) is 11.3 Å². The number of nitrogens with zero attached hydrogens (tertiary/aromatic N) is 1. The lowest BCUT2D eigenvalue weighted by molar-refractivity contribution is -0.138. The number of amides is 1. The number of hydrazone groups is 1. The summed E-state index contributed by atoms with van der Waals surface area (Å²) < 4.78 is 4.74. The highest BCUT2D eigenvalue weighted by Crippen LogP contribution is 2.14. The minimum Gasteiger partial charge on any atom is -0.512 e. The van der Waals surface area contributed by atoms with Crippen LogP contribution in [0.25, 0.3) is 0 Å². The van der Waals surface area contributed by atoms with E-state index in [1.807, 2.05) is 0 Å². The molecule has 6 nitrogen and oxygen atoms in total. The van der Waals surface area contributed by atoms with Crippen LogP contribution in [0.3, 0.4) is 0 Å². The number of hydrogen-bond acceptors (Lipinski definition) is 5. The Labute approximate surface area is 127 Å². The Balaban J connectivity index is 2.77. The molecule has 1 aromatic carbocycles. The van der Waals surface area contributed by atoms with Crippen LogP contribution in [-0.4, -0.2) is 29.8 Å². The van der Waals surface area contributed by atoms with Gasteiger partial charge in [0, 0.05) is 0 Å². The van der Waals surface area contributed by atoms with Gasteiger partial charge in [-0.15, -0.1) is 0 Å². The first-order valence-corrected chi connectivity index (χ1v) is 6.50. The van der Waals surface area contributed by atoms with Crippen LogP contribution in [0.4, 0.5) is 0 Å². The summed E-state index contributed by atoms with van der Waals surface area (Å²) in [7, 11) is 0. The summed E-state index contributed by atoms with van der Waals surface area (Å²) in [6.45, 7) is 3.11. The van der Waals surface area contributed by atoms with E-state index in [1.165, 1.54) is 13.0 Å². The van der Waals surface area contributed by atoms with E-state index < -0.39 is 11.9 Å². The number of aliphatic hydroxyl groups excluding tert-OH is 1. The van der Waals surface area contributed by atoms with Crippen molar-refractivity contribution < 1.29 is 19.4 Å². The second-order valence-corrected chi connectivity index (χ2v) is 4.31. The summed E-state index contributed by atoms with van der Waals surface area (Å²) >= 11 is 5.87. The van der Waals surface area contributed by atoms with Gasteiger partial charge in [-0.25, -0.2) is 10.2 Å². The molecule has 0 bridgehead atoms. The highest BCUT2D eigenvalue weighted by atomic mass is 35.5. The summed E-state index contributed by atoms with van der Waals surface area (Å²) in [5.41, 5.74) is 2.32. The van der Waals surface area contributed by atoms with Gasteiger partial charge in [-0.2, -0.15) is 5.10 Å². The minimum atomic E-state index is -0.728. The molecule has 0 radical (unpaired) electrons. The Hall–Kier alpha value is -2.34. The van der Waals surface area contributed by atoms with E-state index in [9.17, 15) is 14.7 Å². The maximum absolute atomic E-state index is 11.8. The Morgan fingerprint density at radius 3 is 2.67 bits per heavy atom. The number of halogens is 1. The molecule has 21 heavy (non-hydrogen) atoms. The largest absolute Gasteiger partial charge is 0.512 e. The lowest BCUT2D eigenvalue weighted by atomic mass is 10.2. The molecule has 7 heteroatoms. The van der Waals surface area contributed by atoms with Crippen LogP contribution in [0.15, 0.2) is 40.7 Å². The van der Waals surface area contributed by atoms with Gasteiger partial charge in [0.25, 0.3) is 5.91 Å². The number of rotatable bonds is 5. The van der Waals surface area contributed by atoms with Gasteiger partial charge >= 0.3 is 5.97 Å². The summed E-state index contributed by atoms with van der Waals surface area (Å²) in [6.07, 6.45) is 1.02. The first-order chi connectivity index (χ1) is 9.97. The monoisotopic (exact) mass is 310 g/mol. The molecule has 0 spiro atoms. The number of nitrogens with one attached hydrogen (secondary N) is 1. The third-order valence-electron chi connectivity index (χ3n) is 2.36. The van der Waals surface area contributed by atoms with Gasteiger partial charge < -0.3 is 9.84 Å². The van der Waals surface area contributed by atoms with Crippen molar-refractivity contribution in [1.29, 1.82) is 0 Å². The van der Waals surface area contributed by atoms with E-state index in [4.69, 9.17) is 16.3 Å². The van der Waals surface area contributed by atoms with E-state index in [1.54, 1.807) is 25.1 Å². The number of benzene rings is 1. The van der Waals surface area contributed by atoms with E-state index in [0.29, 0.717) is 0 Å². The Morgan fingerprint density at radius 2 is 2.10 bits per heavy atom. The molecule has 0 heterocycles. The molecule has 1 aromatic rings. The molecular weight excluding hydrogens is 296 g/mol. The summed E-state index contributed by atoms with van der Waals surface area (Å²) in [6, 6.07) is 6.46. The van der Waals surface area contributed by atoms with Gasteiger partial charge in [-0.3, -0.25) is 4.79 Å². The number of hydrogen-bond donors (Lipinski definition) is 2. The van der Waals surface area contributed by atoms with Crippen LogP contribution in [0.1, 0.15) is 24.2 Å². The summed E-state index contributed by atoms with van der Waals surface area (Å²) in [5, 5.41) is 13.3. The number of aliphatic hydroxyl groups is 1. The number of esters is 1. The van der Waals surface area contributed by atoms with Crippen LogP contribution in [0.2, 0.25) is 5.02 Å². The minimum absolute atomic E-state index is 0.142. The second-order valence-electron chi connectivity index (χ2n) is 3.90. The molecule has 0 saturated carbocycles. The number of carbonyl (C=O) groups is 2. The average Bonchev–Trinajstić information content (AvgIpc) is 2.43. The standard InChI is InChI=1S/C14H15ClN2O4/c1-3-21-14(20)11(9(2)18)8-16-17-13(19)10-6-4-5-7-12(10)15/h4-8,18H,3H2,1-2H3,(H,17,19)/b11-9-,16-8+.